The summed E-state index contributed by atoms with van der Waals surface area (Å²) in [5.41, 5.74) is 6.04. The first-order chi connectivity index (χ1) is 8.52. The quantitative estimate of drug-likeness (QED) is 0.791. The molecule has 108 valence electrons. The first-order valence-corrected chi connectivity index (χ1v) is 6.01. The standard InChI is InChI=1S/C11H14F2N2O2S.ClH/c1-17-6-9(14)10(16)15-7-2-4-8(5-3-7)18-11(12)13;/h2-5,9,11H,6,14H2,1H3,(H,15,16);1H. The highest BCUT2D eigenvalue weighted by Crippen LogP contribution is 2.26. The van der Waals surface area contributed by atoms with Gasteiger partial charge in [-0.1, -0.05) is 11.8 Å². The summed E-state index contributed by atoms with van der Waals surface area (Å²) in [4.78, 5) is 12.0. The van der Waals surface area contributed by atoms with E-state index < -0.39 is 11.8 Å². The number of amides is 1. The molecule has 0 saturated heterocycles. The van der Waals surface area contributed by atoms with E-state index >= 15 is 0 Å². The molecule has 0 aliphatic rings. The van der Waals surface area contributed by atoms with Crippen molar-refractivity contribution >= 4 is 35.8 Å². The van der Waals surface area contributed by atoms with E-state index in [2.05, 4.69) is 5.32 Å². The number of rotatable bonds is 6. The molecule has 1 rings (SSSR count). The number of halogens is 3. The van der Waals surface area contributed by atoms with Gasteiger partial charge in [-0.25, -0.2) is 0 Å². The number of alkyl halides is 2. The first kappa shape index (κ1) is 18.1. The maximum absolute atomic E-state index is 12.1. The molecule has 0 spiro atoms. The number of thioether (sulfide) groups is 1. The van der Waals surface area contributed by atoms with E-state index in [0.717, 1.165) is 0 Å². The van der Waals surface area contributed by atoms with Gasteiger partial charge in [0.25, 0.3) is 5.76 Å². The minimum Gasteiger partial charge on any atom is -0.383 e. The van der Waals surface area contributed by atoms with Crippen LogP contribution in [0.15, 0.2) is 29.2 Å². The Kier molecular flexibility index (Phi) is 8.66. The minimum absolute atomic E-state index is 0. The zero-order chi connectivity index (χ0) is 13.5. The van der Waals surface area contributed by atoms with E-state index in [1.54, 1.807) is 12.1 Å². The van der Waals surface area contributed by atoms with Crippen molar-refractivity contribution < 1.29 is 18.3 Å². The van der Waals surface area contributed by atoms with Crippen LogP contribution in [0.2, 0.25) is 0 Å². The summed E-state index contributed by atoms with van der Waals surface area (Å²) < 4.78 is 28.9. The average Bonchev–Trinajstić information content (AvgIpc) is 2.31. The topological polar surface area (TPSA) is 64.3 Å². The number of benzene rings is 1. The lowest BCUT2D eigenvalue weighted by molar-refractivity contribution is -0.118. The lowest BCUT2D eigenvalue weighted by Crippen LogP contribution is -2.39. The highest BCUT2D eigenvalue weighted by atomic mass is 35.5. The number of carbonyl (C=O) groups excluding carboxylic acids is 1. The molecular formula is C11H15ClF2N2O2S. The predicted molar refractivity (Wildman–Crippen MR) is 74.0 cm³/mol. The minimum atomic E-state index is -2.46. The number of hydrogen-bond acceptors (Lipinski definition) is 4. The van der Waals surface area contributed by atoms with Gasteiger partial charge in [-0.3, -0.25) is 4.79 Å². The summed E-state index contributed by atoms with van der Waals surface area (Å²) in [6.07, 6.45) is 0. The van der Waals surface area contributed by atoms with Gasteiger partial charge < -0.3 is 15.8 Å². The summed E-state index contributed by atoms with van der Waals surface area (Å²) in [5, 5.41) is 2.57. The normalized spacial score (nSPS) is 11.8. The highest BCUT2D eigenvalue weighted by Gasteiger charge is 2.13. The zero-order valence-electron chi connectivity index (χ0n) is 10.1. The average molecular weight is 313 g/mol. The van der Waals surface area contributed by atoms with Gasteiger partial charge in [0, 0.05) is 17.7 Å². The van der Waals surface area contributed by atoms with Gasteiger partial charge >= 0.3 is 0 Å². The van der Waals surface area contributed by atoms with Crippen molar-refractivity contribution in [3.05, 3.63) is 24.3 Å². The molecule has 4 nitrogen and oxygen atoms in total. The summed E-state index contributed by atoms with van der Waals surface area (Å²) in [6.45, 7) is 0.116. The Morgan fingerprint density at radius 1 is 1.42 bits per heavy atom. The molecule has 1 aromatic rings. The van der Waals surface area contributed by atoms with Gasteiger partial charge in [0.2, 0.25) is 5.91 Å². The van der Waals surface area contributed by atoms with Crippen molar-refractivity contribution in [2.75, 3.05) is 19.0 Å². The number of carbonyl (C=O) groups is 1. The lowest BCUT2D eigenvalue weighted by Gasteiger charge is -2.11. The fourth-order valence-electron chi connectivity index (χ4n) is 1.21. The van der Waals surface area contributed by atoms with Crippen molar-refractivity contribution in [1.29, 1.82) is 0 Å². The smallest absolute Gasteiger partial charge is 0.288 e. The number of hydrogen-bond donors (Lipinski definition) is 2. The molecule has 0 saturated carbocycles. The Bertz CT molecular complexity index is 393. The van der Waals surface area contributed by atoms with Crippen LogP contribution in [0.1, 0.15) is 0 Å². The van der Waals surface area contributed by atoms with E-state index in [9.17, 15) is 13.6 Å². The molecule has 3 N–H and O–H groups in total. The Hall–Kier alpha value is -0.890. The molecule has 8 heteroatoms. The summed E-state index contributed by atoms with van der Waals surface area (Å²) in [7, 11) is 1.45. The second-order valence-corrected chi connectivity index (χ2v) is 4.52. The molecule has 1 atom stereocenters. The third-order valence-electron chi connectivity index (χ3n) is 2.03. The SMILES string of the molecule is COCC(N)C(=O)Nc1ccc(SC(F)F)cc1.Cl. The summed E-state index contributed by atoms with van der Waals surface area (Å²) in [5.74, 6) is -2.84. The molecular weight excluding hydrogens is 298 g/mol. The van der Waals surface area contributed by atoms with Crippen molar-refractivity contribution in [3.8, 4) is 0 Å². The number of anilines is 1. The van der Waals surface area contributed by atoms with Gasteiger partial charge in [-0.05, 0) is 24.3 Å². The van der Waals surface area contributed by atoms with Crippen molar-refractivity contribution in [1.82, 2.24) is 0 Å². The fraction of sp³-hybridized carbons (Fsp3) is 0.364. The molecule has 1 aromatic carbocycles. The largest absolute Gasteiger partial charge is 0.383 e. The number of nitrogens with one attached hydrogen (secondary N) is 1. The van der Waals surface area contributed by atoms with Crippen LogP contribution in [-0.2, 0) is 9.53 Å². The molecule has 19 heavy (non-hydrogen) atoms. The highest BCUT2D eigenvalue weighted by molar-refractivity contribution is 7.99. The van der Waals surface area contributed by atoms with Gasteiger partial charge in [0.05, 0.1) is 6.61 Å². The van der Waals surface area contributed by atoms with Crippen molar-refractivity contribution in [2.24, 2.45) is 5.73 Å². The molecule has 1 unspecified atom stereocenters. The number of nitrogens with two attached hydrogens (primary N) is 1. The Morgan fingerprint density at radius 2 is 2.00 bits per heavy atom. The Labute approximate surface area is 120 Å². The fourth-order valence-corrected chi connectivity index (χ4v) is 1.71. The summed E-state index contributed by atoms with van der Waals surface area (Å²) in [6, 6.07) is 5.34. The Balaban J connectivity index is 0.00000324. The van der Waals surface area contributed by atoms with Crippen LogP contribution in [-0.4, -0.2) is 31.4 Å². The molecule has 0 radical (unpaired) electrons. The van der Waals surface area contributed by atoms with Crippen molar-refractivity contribution in [2.45, 2.75) is 16.7 Å². The molecule has 0 aromatic heterocycles. The van der Waals surface area contributed by atoms with Crippen LogP contribution in [0, 0.1) is 0 Å². The zero-order valence-corrected chi connectivity index (χ0v) is 11.8. The first-order valence-electron chi connectivity index (χ1n) is 5.13. The second-order valence-electron chi connectivity index (χ2n) is 3.45. The van der Waals surface area contributed by atoms with Crippen LogP contribution in [0.3, 0.4) is 0 Å². The third-order valence-corrected chi connectivity index (χ3v) is 2.75. The molecule has 0 fully saturated rings. The number of methoxy groups -OCH3 is 1. The molecule has 0 aliphatic carbocycles. The maximum atomic E-state index is 12.1. The predicted octanol–water partition coefficient (Wildman–Crippen LogP) is 2.34. The number of ether oxygens (including phenoxy) is 1. The van der Waals surface area contributed by atoms with Crippen LogP contribution in [0.4, 0.5) is 14.5 Å². The van der Waals surface area contributed by atoms with Gasteiger partial charge in [-0.2, -0.15) is 8.78 Å². The van der Waals surface area contributed by atoms with Crippen LogP contribution < -0.4 is 11.1 Å². The van der Waals surface area contributed by atoms with E-state index in [0.29, 0.717) is 22.3 Å². The van der Waals surface area contributed by atoms with Crippen LogP contribution >= 0.6 is 24.2 Å². The molecule has 0 heterocycles. The third kappa shape index (κ3) is 6.72. The van der Waals surface area contributed by atoms with E-state index in [1.165, 1.54) is 19.2 Å². The molecule has 0 aliphatic heterocycles. The Morgan fingerprint density at radius 3 is 2.47 bits per heavy atom. The van der Waals surface area contributed by atoms with Gasteiger partial charge in [0.1, 0.15) is 6.04 Å². The van der Waals surface area contributed by atoms with E-state index in [4.69, 9.17) is 10.5 Å². The monoisotopic (exact) mass is 312 g/mol. The lowest BCUT2D eigenvalue weighted by atomic mass is 10.2. The van der Waals surface area contributed by atoms with E-state index in [1.807, 2.05) is 0 Å². The van der Waals surface area contributed by atoms with Crippen LogP contribution in [0.25, 0.3) is 0 Å². The van der Waals surface area contributed by atoms with Gasteiger partial charge in [-0.15, -0.1) is 12.4 Å². The second kappa shape index (κ2) is 9.08. The van der Waals surface area contributed by atoms with Crippen molar-refractivity contribution in [3.63, 3.8) is 0 Å². The van der Waals surface area contributed by atoms with Crippen LogP contribution in [0.5, 0.6) is 0 Å². The molecule has 0 bridgehead atoms. The van der Waals surface area contributed by atoms with Gasteiger partial charge in [0.15, 0.2) is 0 Å². The summed E-state index contributed by atoms with van der Waals surface area (Å²) >= 11 is 0.450. The molecule has 1 amide bonds. The van der Waals surface area contributed by atoms with E-state index in [-0.39, 0.29) is 24.9 Å². The maximum Gasteiger partial charge on any atom is 0.288 e.